The number of hydrogen-bond donors (Lipinski definition) is 0. The van der Waals surface area contributed by atoms with Crippen molar-refractivity contribution in [2.45, 2.75) is 0 Å². The Morgan fingerprint density at radius 3 is 1.85 bits per heavy atom. The van der Waals surface area contributed by atoms with Crippen molar-refractivity contribution < 1.29 is 4.42 Å². The van der Waals surface area contributed by atoms with E-state index in [4.69, 9.17) is 4.42 Å². The van der Waals surface area contributed by atoms with Crippen molar-refractivity contribution in [1.29, 1.82) is 0 Å². The van der Waals surface area contributed by atoms with Crippen LogP contribution in [0.3, 0.4) is 0 Å². The van der Waals surface area contributed by atoms with Gasteiger partial charge in [-0.25, -0.2) is 0 Å². The Morgan fingerprint density at radius 2 is 1.00 bits per heavy atom. The highest BCUT2D eigenvalue weighted by Gasteiger charge is 2.20. The molecular weight excluding hydrogens is 677 g/mol. The molecule has 0 spiro atoms. The quantitative estimate of drug-likeness (QED) is 0.179. The maximum Gasteiger partial charge on any atom is 0.213 e. The molecule has 12 rings (SSSR count). The summed E-state index contributed by atoms with van der Waals surface area (Å²) in [4.78, 5) is 0. The predicted molar refractivity (Wildman–Crippen MR) is 229 cm³/mol. The van der Waals surface area contributed by atoms with E-state index in [1.165, 1.54) is 64.1 Å². The molecule has 12 aromatic rings. The Labute approximate surface area is 314 Å². The second-order valence-electron chi connectivity index (χ2n) is 14.1. The molecule has 54 heavy (non-hydrogen) atoms. The first-order valence-corrected chi connectivity index (χ1v) is 19.2. The van der Waals surface area contributed by atoms with Crippen LogP contribution in [0.4, 0.5) is 0 Å². The molecule has 0 unspecified atom stereocenters. The summed E-state index contributed by atoms with van der Waals surface area (Å²) in [5.41, 5.74) is 12.4. The van der Waals surface area contributed by atoms with E-state index in [1.807, 2.05) is 11.3 Å². The molecule has 0 bridgehead atoms. The van der Waals surface area contributed by atoms with Crippen LogP contribution in [-0.2, 0) is 0 Å². The Morgan fingerprint density at radius 1 is 0.370 bits per heavy atom. The van der Waals surface area contributed by atoms with Crippen LogP contribution in [0.25, 0.3) is 109 Å². The van der Waals surface area contributed by atoms with E-state index in [1.54, 1.807) is 0 Å². The first kappa shape index (κ1) is 29.7. The third-order valence-corrected chi connectivity index (χ3v) is 12.3. The van der Waals surface area contributed by atoms with Crippen molar-refractivity contribution in [3.8, 4) is 33.6 Å². The molecular formula is C50H30N2OS. The summed E-state index contributed by atoms with van der Waals surface area (Å²) in [6.45, 7) is 0. The molecule has 0 radical (unpaired) electrons. The molecule has 4 heteroatoms. The summed E-state index contributed by atoms with van der Waals surface area (Å²) < 4.78 is 13.9. The minimum absolute atomic E-state index is 0.875. The largest absolute Gasteiger partial charge is 0.439 e. The summed E-state index contributed by atoms with van der Waals surface area (Å²) in [6.07, 6.45) is 0. The van der Waals surface area contributed by atoms with E-state index in [2.05, 4.69) is 191 Å². The average molecular weight is 707 g/mol. The zero-order chi connectivity index (χ0) is 35.3. The van der Waals surface area contributed by atoms with Crippen molar-refractivity contribution >= 4 is 86.3 Å². The normalized spacial score (nSPS) is 12.1. The highest BCUT2D eigenvalue weighted by Crippen LogP contribution is 2.43. The number of hydrogen-bond acceptors (Lipinski definition) is 2. The second kappa shape index (κ2) is 11.3. The Kier molecular flexibility index (Phi) is 6.21. The molecule has 8 aromatic carbocycles. The molecule has 0 saturated carbocycles. The van der Waals surface area contributed by atoms with Gasteiger partial charge in [0.2, 0.25) is 5.71 Å². The van der Waals surface area contributed by atoms with Gasteiger partial charge in [0.15, 0.2) is 0 Å². The first-order valence-electron chi connectivity index (χ1n) is 18.3. The molecule has 0 atom stereocenters. The van der Waals surface area contributed by atoms with Crippen LogP contribution in [0.15, 0.2) is 186 Å². The third kappa shape index (κ3) is 4.23. The van der Waals surface area contributed by atoms with E-state index in [0.29, 0.717) is 0 Å². The Balaban J connectivity index is 0.978. The second-order valence-corrected chi connectivity index (χ2v) is 15.2. The molecule has 0 amide bonds. The van der Waals surface area contributed by atoms with E-state index >= 15 is 0 Å². The molecule has 3 nitrogen and oxygen atoms in total. The number of fused-ring (bicyclic) bond motifs is 11. The van der Waals surface area contributed by atoms with Crippen LogP contribution in [0.5, 0.6) is 0 Å². The van der Waals surface area contributed by atoms with Crippen molar-refractivity contribution in [2.75, 3.05) is 0 Å². The summed E-state index contributed by atoms with van der Waals surface area (Å²) >= 11 is 1.87. The van der Waals surface area contributed by atoms with Gasteiger partial charge in [0, 0.05) is 53.1 Å². The summed E-state index contributed by atoms with van der Waals surface area (Å²) in [5.74, 6) is 0. The Bertz CT molecular complexity index is 3430. The smallest absolute Gasteiger partial charge is 0.213 e. The number of rotatable bonds is 4. The summed E-state index contributed by atoms with van der Waals surface area (Å²) in [5, 5.41) is 8.65. The van der Waals surface area contributed by atoms with Gasteiger partial charge >= 0.3 is 0 Å². The fourth-order valence-electron chi connectivity index (χ4n) is 8.74. The molecule has 0 aliphatic carbocycles. The fourth-order valence-corrected chi connectivity index (χ4v) is 9.87. The standard InChI is InChI=1S/C50H30N2OS/c1-2-11-34(12-3-1)52-43-18-8-5-14-38(43)49-41-29-32(24-28-45(41)53-50(49)52)31-21-25-35(26-22-31)51-42-17-7-4-13-37(42)40-30-33(23-27-44(40)51)36-16-10-20-47-48(36)39-15-6-9-19-46(39)54-47/h1-30H. The molecule has 0 N–H and O–H groups in total. The van der Waals surface area contributed by atoms with Crippen LogP contribution in [0.1, 0.15) is 0 Å². The number of aromatic nitrogens is 2. The number of thiophene rings is 1. The SMILES string of the molecule is c1ccc(-n2c3ccccc3c3c4cc(-c5ccc(-n6c7ccccc7c7cc(-c8cccc9sc%10ccccc%10c89)ccc76)cc5)ccc4oc32)cc1. The van der Waals surface area contributed by atoms with Gasteiger partial charge in [0.05, 0.1) is 21.9 Å². The zero-order valence-electron chi connectivity index (χ0n) is 29.0. The van der Waals surface area contributed by atoms with Crippen LogP contribution in [0.2, 0.25) is 0 Å². The van der Waals surface area contributed by atoms with Gasteiger partial charge < -0.3 is 8.98 Å². The van der Waals surface area contributed by atoms with Crippen molar-refractivity contribution in [3.05, 3.63) is 182 Å². The van der Waals surface area contributed by atoms with E-state index in [-0.39, 0.29) is 0 Å². The van der Waals surface area contributed by atoms with Crippen LogP contribution < -0.4 is 0 Å². The van der Waals surface area contributed by atoms with Crippen LogP contribution in [-0.4, -0.2) is 9.13 Å². The van der Waals surface area contributed by atoms with Gasteiger partial charge in [-0.2, -0.15) is 0 Å². The minimum atomic E-state index is 0.875. The van der Waals surface area contributed by atoms with Crippen LogP contribution >= 0.6 is 11.3 Å². The lowest BCUT2D eigenvalue weighted by Crippen LogP contribution is -1.93. The number of furan rings is 1. The summed E-state index contributed by atoms with van der Waals surface area (Å²) in [6, 6.07) is 65.9. The lowest BCUT2D eigenvalue weighted by atomic mass is 9.98. The van der Waals surface area contributed by atoms with Gasteiger partial charge in [-0.1, -0.05) is 109 Å². The van der Waals surface area contributed by atoms with Crippen LogP contribution in [0, 0.1) is 0 Å². The zero-order valence-corrected chi connectivity index (χ0v) is 29.8. The molecule has 0 saturated heterocycles. The first-order chi connectivity index (χ1) is 26.8. The highest BCUT2D eigenvalue weighted by molar-refractivity contribution is 7.25. The molecule has 252 valence electrons. The third-order valence-electron chi connectivity index (χ3n) is 11.1. The van der Waals surface area contributed by atoms with Crippen molar-refractivity contribution in [2.24, 2.45) is 0 Å². The van der Waals surface area contributed by atoms with E-state index < -0.39 is 0 Å². The van der Waals surface area contributed by atoms with E-state index in [9.17, 15) is 0 Å². The molecule has 4 heterocycles. The molecule has 4 aromatic heterocycles. The van der Waals surface area contributed by atoms with E-state index in [0.717, 1.165) is 44.5 Å². The van der Waals surface area contributed by atoms with Gasteiger partial charge in [-0.15, -0.1) is 11.3 Å². The maximum absolute atomic E-state index is 6.60. The number of nitrogens with zero attached hydrogens (tertiary/aromatic N) is 2. The number of para-hydroxylation sites is 3. The van der Waals surface area contributed by atoms with Crippen molar-refractivity contribution in [1.82, 2.24) is 9.13 Å². The number of benzene rings is 8. The average Bonchev–Trinajstić information content (AvgIpc) is 3.98. The lowest BCUT2D eigenvalue weighted by molar-refractivity contribution is 0.645. The highest BCUT2D eigenvalue weighted by atomic mass is 32.1. The van der Waals surface area contributed by atoms with Gasteiger partial charge in [-0.3, -0.25) is 4.57 Å². The topological polar surface area (TPSA) is 23.0 Å². The fraction of sp³-hybridized carbons (Fsp3) is 0. The Hall–Kier alpha value is -6.88. The van der Waals surface area contributed by atoms with Crippen molar-refractivity contribution in [3.63, 3.8) is 0 Å². The summed E-state index contributed by atoms with van der Waals surface area (Å²) in [7, 11) is 0. The lowest BCUT2D eigenvalue weighted by Gasteiger charge is -2.10. The molecule has 0 fully saturated rings. The van der Waals surface area contributed by atoms with Gasteiger partial charge in [-0.05, 0) is 95.1 Å². The predicted octanol–water partition coefficient (Wildman–Crippen LogP) is 14.3. The maximum atomic E-state index is 6.60. The van der Waals surface area contributed by atoms with Gasteiger partial charge in [0.1, 0.15) is 5.58 Å². The monoisotopic (exact) mass is 706 g/mol. The molecule has 0 aliphatic heterocycles. The molecule has 0 aliphatic rings. The van der Waals surface area contributed by atoms with Gasteiger partial charge in [0.25, 0.3) is 0 Å². The minimum Gasteiger partial charge on any atom is -0.439 e.